The van der Waals surface area contributed by atoms with Gasteiger partial charge >= 0.3 is 6.09 Å². The molecule has 1 aromatic carbocycles. The van der Waals surface area contributed by atoms with E-state index >= 15 is 0 Å². The molecule has 2 saturated heterocycles. The van der Waals surface area contributed by atoms with Gasteiger partial charge in [0, 0.05) is 18.1 Å². The van der Waals surface area contributed by atoms with Crippen molar-refractivity contribution in [2.45, 2.75) is 18.5 Å². The molecule has 1 spiro atoms. The molecular weight excluding hydrogens is 252 g/mol. The van der Waals surface area contributed by atoms with Gasteiger partial charge in [0.05, 0.1) is 5.54 Å². The normalized spacial score (nSPS) is 26.9. The zero-order chi connectivity index (χ0) is 12.6. The van der Waals surface area contributed by atoms with Gasteiger partial charge in [0.1, 0.15) is 6.61 Å². The number of hydrogen-bond acceptors (Lipinski definition) is 3. The van der Waals surface area contributed by atoms with Crippen molar-refractivity contribution in [2.75, 3.05) is 19.7 Å². The zero-order valence-electron chi connectivity index (χ0n) is 9.99. The highest BCUT2D eigenvalue weighted by molar-refractivity contribution is 6.30. The maximum absolute atomic E-state index is 11.9. The van der Waals surface area contributed by atoms with Crippen molar-refractivity contribution in [2.24, 2.45) is 0 Å². The van der Waals surface area contributed by atoms with Crippen LogP contribution in [0.5, 0.6) is 0 Å². The molecule has 5 heteroatoms. The van der Waals surface area contributed by atoms with Crippen molar-refractivity contribution < 1.29 is 9.53 Å². The van der Waals surface area contributed by atoms with Crippen molar-refractivity contribution >= 4 is 17.7 Å². The lowest BCUT2D eigenvalue weighted by Crippen LogP contribution is -2.48. The number of ether oxygens (including phenoxy) is 1. The van der Waals surface area contributed by atoms with E-state index in [9.17, 15) is 4.79 Å². The summed E-state index contributed by atoms with van der Waals surface area (Å²) in [4.78, 5) is 13.7. The minimum absolute atomic E-state index is 0.167. The molecule has 4 nitrogen and oxygen atoms in total. The molecule has 0 bridgehead atoms. The van der Waals surface area contributed by atoms with Crippen LogP contribution in [0.15, 0.2) is 24.3 Å². The molecular formula is C13H15ClN2O2. The Morgan fingerprint density at radius 1 is 1.50 bits per heavy atom. The Balaban J connectivity index is 1.83. The number of rotatable bonds is 2. The van der Waals surface area contributed by atoms with E-state index in [1.54, 1.807) is 0 Å². The first-order valence-electron chi connectivity index (χ1n) is 6.09. The second-order valence-corrected chi connectivity index (χ2v) is 5.36. The summed E-state index contributed by atoms with van der Waals surface area (Å²) in [7, 11) is 0. The first kappa shape index (κ1) is 11.8. The summed E-state index contributed by atoms with van der Waals surface area (Å²) in [6.07, 6.45) is 0.720. The van der Waals surface area contributed by atoms with E-state index in [1.807, 2.05) is 29.2 Å². The molecule has 1 amide bonds. The van der Waals surface area contributed by atoms with E-state index in [0.29, 0.717) is 18.2 Å². The Morgan fingerprint density at radius 2 is 2.39 bits per heavy atom. The Labute approximate surface area is 111 Å². The van der Waals surface area contributed by atoms with Crippen LogP contribution >= 0.6 is 11.6 Å². The summed E-state index contributed by atoms with van der Waals surface area (Å²) in [5.74, 6) is 0. The van der Waals surface area contributed by atoms with Crippen LogP contribution in [-0.4, -0.2) is 36.2 Å². The van der Waals surface area contributed by atoms with E-state index < -0.39 is 0 Å². The summed E-state index contributed by atoms with van der Waals surface area (Å²) in [5, 5.41) is 4.00. The third-order valence-corrected chi connectivity index (χ3v) is 3.94. The number of carbonyl (C=O) groups is 1. The van der Waals surface area contributed by atoms with E-state index in [0.717, 1.165) is 25.1 Å². The van der Waals surface area contributed by atoms with Crippen molar-refractivity contribution in [3.05, 3.63) is 34.9 Å². The highest BCUT2D eigenvalue weighted by Gasteiger charge is 2.48. The zero-order valence-corrected chi connectivity index (χ0v) is 10.7. The molecule has 18 heavy (non-hydrogen) atoms. The second-order valence-electron chi connectivity index (χ2n) is 4.92. The quantitative estimate of drug-likeness (QED) is 0.891. The fourth-order valence-corrected chi connectivity index (χ4v) is 2.89. The molecule has 1 unspecified atom stereocenters. The molecule has 0 saturated carbocycles. The molecule has 2 fully saturated rings. The predicted molar refractivity (Wildman–Crippen MR) is 68.6 cm³/mol. The lowest BCUT2D eigenvalue weighted by atomic mass is 9.98. The summed E-state index contributed by atoms with van der Waals surface area (Å²) >= 11 is 5.97. The van der Waals surface area contributed by atoms with Crippen molar-refractivity contribution in [1.29, 1.82) is 0 Å². The number of benzene rings is 1. The van der Waals surface area contributed by atoms with Gasteiger partial charge in [0.25, 0.3) is 0 Å². The highest BCUT2D eigenvalue weighted by Crippen LogP contribution is 2.31. The summed E-state index contributed by atoms with van der Waals surface area (Å²) in [5.41, 5.74) is 0.868. The molecule has 2 heterocycles. The maximum Gasteiger partial charge on any atom is 0.410 e. The first-order chi connectivity index (χ1) is 8.70. The van der Waals surface area contributed by atoms with Gasteiger partial charge in [-0.3, -0.25) is 4.90 Å². The number of carbonyl (C=O) groups excluding carboxylic acids is 1. The lowest BCUT2D eigenvalue weighted by Gasteiger charge is -2.30. The summed E-state index contributed by atoms with van der Waals surface area (Å²) in [6, 6.07) is 7.61. The number of nitrogens with zero attached hydrogens (tertiary/aromatic N) is 1. The molecule has 2 aliphatic heterocycles. The number of amides is 1. The Morgan fingerprint density at radius 3 is 3.11 bits per heavy atom. The average molecular weight is 267 g/mol. The van der Waals surface area contributed by atoms with Crippen LogP contribution in [0.4, 0.5) is 4.79 Å². The third-order valence-electron chi connectivity index (χ3n) is 3.71. The number of hydrogen-bond donors (Lipinski definition) is 1. The molecule has 0 aliphatic carbocycles. The minimum atomic E-state index is -0.223. The molecule has 1 aromatic rings. The highest BCUT2D eigenvalue weighted by atomic mass is 35.5. The van der Waals surface area contributed by atoms with E-state index in [2.05, 4.69) is 5.32 Å². The first-order valence-corrected chi connectivity index (χ1v) is 6.47. The Bertz CT molecular complexity index is 472. The van der Waals surface area contributed by atoms with Crippen molar-refractivity contribution in [3.8, 4) is 0 Å². The summed E-state index contributed by atoms with van der Waals surface area (Å²) in [6.45, 7) is 2.78. The van der Waals surface area contributed by atoms with Crippen LogP contribution in [0.25, 0.3) is 0 Å². The van der Waals surface area contributed by atoms with Gasteiger partial charge in [-0.2, -0.15) is 0 Å². The fourth-order valence-electron chi connectivity index (χ4n) is 2.68. The summed E-state index contributed by atoms with van der Waals surface area (Å²) < 4.78 is 5.22. The molecule has 0 radical (unpaired) electrons. The molecule has 0 aromatic heterocycles. The second kappa shape index (κ2) is 4.44. The predicted octanol–water partition coefficient (Wildman–Crippen LogP) is 2.02. The van der Waals surface area contributed by atoms with Gasteiger partial charge in [-0.25, -0.2) is 4.79 Å². The molecule has 1 atom stereocenters. The van der Waals surface area contributed by atoms with Crippen LogP contribution in [-0.2, 0) is 11.3 Å². The van der Waals surface area contributed by atoms with Crippen molar-refractivity contribution in [3.63, 3.8) is 0 Å². The van der Waals surface area contributed by atoms with Gasteiger partial charge in [-0.15, -0.1) is 0 Å². The number of halogens is 1. The van der Waals surface area contributed by atoms with E-state index in [-0.39, 0.29) is 11.6 Å². The van der Waals surface area contributed by atoms with E-state index in [1.165, 1.54) is 0 Å². The fraction of sp³-hybridized carbons (Fsp3) is 0.462. The molecule has 1 N–H and O–H groups in total. The van der Waals surface area contributed by atoms with Crippen LogP contribution in [0, 0.1) is 0 Å². The standard InChI is InChI=1S/C13H15ClN2O2/c14-11-3-1-2-10(6-11)7-16-12(17)18-9-13(16)4-5-15-8-13/h1-3,6,15H,4-5,7-9H2. The Kier molecular flexibility index (Phi) is 2.92. The van der Waals surface area contributed by atoms with Gasteiger partial charge in [-0.1, -0.05) is 23.7 Å². The van der Waals surface area contributed by atoms with Gasteiger partial charge in [-0.05, 0) is 30.7 Å². The molecule has 96 valence electrons. The van der Waals surface area contributed by atoms with Crippen LogP contribution in [0.2, 0.25) is 5.02 Å². The van der Waals surface area contributed by atoms with Crippen LogP contribution < -0.4 is 5.32 Å². The topological polar surface area (TPSA) is 41.6 Å². The monoisotopic (exact) mass is 266 g/mol. The van der Waals surface area contributed by atoms with Gasteiger partial charge in [0.2, 0.25) is 0 Å². The Hall–Kier alpha value is -1.26. The minimum Gasteiger partial charge on any atom is -0.447 e. The van der Waals surface area contributed by atoms with Crippen LogP contribution in [0.1, 0.15) is 12.0 Å². The maximum atomic E-state index is 11.9. The number of nitrogens with one attached hydrogen (secondary N) is 1. The SMILES string of the molecule is O=C1OCC2(CCNC2)N1Cc1cccc(Cl)c1. The molecule has 3 rings (SSSR count). The number of cyclic esters (lactones) is 1. The smallest absolute Gasteiger partial charge is 0.410 e. The average Bonchev–Trinajstić information content (AvgIpc) is 2.93. The van der Waals surface area contributed by atoms with E-state index in [4.69, 9.17) is 16.3 Å². The van der Waals surface area contributed by atoms with Crippen molar-refractivity contribution in [1.82, 2.24) is 10.2 Å². The van der Waals surface area contributed by atoms with Gasteiger partial charge in [0.15, 0.2) is 0 Å². The lowest BCUT2D eigenvalue weighted by molar-refractivity contribution is 0.150. The van der Waals surface area contributed by atoms with Gasteiger partial charge < -0.3 is 10.1 Å². The van der Waals surface area contributed by atoms with Crippen LogP contribution in [0.3, 0.4) is 0 Å². The largest absolute Gasteiger partial charge is 0.447 e. The molecule has 2 aliphatic rings. The third kappa shape index (κ3) is 1.95.